The summed E-state index contributed by atoms with van der Waals surface area (Å²) >= 11 is 0. The Hall–Kier alpha value is -1.07. The van der Waals surface area contributed by atoms with E-state index in [4.69, 9.17) is 0 Å². The predicted molar refractivity (Wildman–Crippen MR) is 52.8 cm³/mol. The maximum absolute atomic E-state index is 12.4. The number of aliphatic hydroxyl groups excluding tert-OH is 1. The maximum Gasteiger partial charge on any atom is 0.416 e. The zero-order valence-corrected chi connectivity index (χ0v) is 8.46. The molecule has 0 radical (unpaired) electrons. The van der Waals surface area contributed by atoms with Crippen LogP contribution in [0.15, 0.2) is 24.3 Å². The van der Waals surface area contributed by atoms with Crippen LogP contribution in [-0.2, 0) is 6.18 Å². The van der Waals surface area contributed by atoms with Gasteiger partial charge in [-0.3, -0.25) is 0 Å². The summed E-state index contributed by atoms with van der Waals surface area (Å²) in [6.45, 7) is 0.806. The summed E-state index contributed by atoms with van der Waals surface area (Å²) in [6, 6.07) is 4.72. The van der Waals surface area contributed by atoms with Gasteiger partial charge in [0.2, 0.25) is 0 Å². The first-order valence-electron chi connectivity index (χ1n) is 5.07. The molecule has 5 heteroatoms. The lowest BCUT2D eigenvalue weighted by Gasteiger charge is -2.32. The zero-order valence-electron chi connectivity index (χ0n) is 8.46. The van der Waals surface area contributed by atoms with Crippen molar-refractivity contribution < 1.29 is 18.3 Å². The van der Waals surface area contributed by atoms with E-state index in [1.165, 1.54) is 12.1 Å². The molecule has 2 N–H and O–H groups in total. The highest BCUT2D eigenvalue weighted by Crippen LogP contribution is 2.32. The van der Waals surface area contributed by atoms with E-state index in [9.17, 15) is 18.3 Å². The first-order valence-corrected chi connectivity index (χ1v) is 5.07. The van der Waals surface area contributed by atoms with Crippen LogP contribution in [0.25, 0.3) is 0 Å². The van der Waals surface area contributed by atoms with E-state index in [1.807, 2.05) is 0 Å². The van der Waals surface area contributed by atoms with Crippen LogP contribution in [0.4, 0.5) is 13.2 Å². The lowest BCUT2D eigenvalue weighted by Crippen LogP contribution is -2.46. The molecule has 0 amide bonds. The minimum absolute atomic E-state index is 0.122. The van der Waals surface area contributed by atoms with Crippen LogP contribution in [0.1, 0.15) is 23.7 Å². The Kier molecular flexibility index (Phi) is 2.90. The average Bonchev–Trinajstić information content (AvgIpc) is 2.14. The highest BCUT2D eigenvalue weighted by molar-refractivity contribution is 5.28. The van der Waals surface area contributed by atoms with Crippen molar-refractivity contribution in [2.75, 3.05) is 6.54 Å². The Morgan fingerprint density at radius 3 is 2.56 bits per heavy atom. The predicted octanol–water partition coefficient (Wildman–Crippen LogP) is 2.10. The first-order chi connectivity index (χ1) is 7.48. The summed E-state index contributed by atoms with van der Waals surface area (Å²) in [6.07, 6.45) is -4.43. The molecule has 88 valence electrons. The first kappa shape index (κ1) is 11.4. The van der Waals surface area contributed by atoms with Crippen LogP contribution in [-0.4, -0.2) is 17.7 Å². The fraction of sp³-hybridized carbons (Fsp3) is 0.455. The normalized spacial score (nSPS) is 22.6. The van der Waals surface area contributed by atoms with Crippen molar-refractivity contribution in [3.63, 3.8) is 0 Å². The van der Waals surface area contributed by atoms with Gasteiger partial charge in [0.1, 0.15) is 0 Å². The van der Waals surface area contributed by atoms with Gasteiger partial charge in [-0.25, -0.2) is 0 Å². The smallest absolute Gasteiger partial charge is 0.387 e. The van der Waals surface area contributed by atoms with Crippen molar-refractivity contribution in [1.29, 1.82) is 0 Å². The Bertz CT molecular complexity index is 374. The number of nitrogens with one attached hydrogen (secondary N) is 1. The number of halogens is 3. The van der Waals surface area contributed by atoms with Gasteiger partial charge in [-0.2, -0.15) is 13.2 Å². The van der Waals surface area contributed by atoms with Gasteiger partial charge < -0.3 is 10.4 Å². The molecule has 0 aromatic heterocycles. The number of hydrogen-bond donors (Lipinski definition) is 2. The molecule has 2 rings (SSSR count). The summed E-state index contributed by atoms with van der Waals surface area (Å²) in [5, 5.41) is 12.8. The van der Waals surface area contributed by atoms with Gasteiger partial charge >= 0.3 is 6.18 Å². The monoisotopic (exact) mass is 231 g/mol. The van der Waals surface area contributed by atoms with Crippen molar-refractivity contribution in [2.45, 2.75) is 24.7 Å². The highest BCUT2D eigenvalue weighted by Gasteiger charge is 2.32. The van der Waals surface area contributed by atoms with E-state index in [1.54, 1.807) is 0 Å². The summed E-state index contributed by atoms with van der Waals surface area (Å²) in [7, 11) is 0. The molecule has 1 aliphatic heterocycles. The average molecular weight is 231 g/mol. The molecule has 0 aliphatic carbocycles. The lowest BCUT2D eigenvalue weighted by atomic mass is 9.94. The second-order valence-corrected chi connectivity index (χ2v) is 3.92. The number of benzene rings is 1. The summed E-state index contributed by atoms with van der Waals surface area (Å²) in [4.78, 5) is 0. The zero-order chi connectivity index (χ0) is 11.8. The molecular weight excluding hydrogens is 219 g/mol. The molecule has 16 heavy (non-hydrogen) atoms. The van der Waals surface area contributed by atoms with Gasteiger partial charge in [0.05, 0.1) is 11.7 Å². The molecular formula is C11H12F3NO. The molecule has 1 saturated heterocycles. The third-order valence-corrected chi connectivity index (χ3v) is 2.80. The van der Waals surface area contributed by atoms with Crippen molar-refractivity contribution in [3.8, 4) is 0 Å². The maximum atomic E-state index is 12.4. The van der Waals surface area contributed by atoms with E-state index in [-0.39, 0.29) is 6.04 Å². The Morgan fingerprint density at radius 1 is 1.38 bits per heavy atom. The topological polar surface area (TPSA) is 32.3 Å². The van der Waals surface area contributed by atoms with Crippen molar-refractivity contribution in [3.05, 3.63) is 35.4 Å². The highest BCUT2D eigenvalue weighted by atomic mass is 19.4. The fourth-order valence-electron chi connectivity index (χ4n) is 1.71. The van der Waals surface area contributed by atoms with Crippen LogP contribution in [0.3, 0.4) is 0 Å². The van der Waals surface area contributed by atoms with E-state index < -0.39 is 17.8 Å². The number of rotatable bonds is 2. The molecule has 1 fully saturated rings. The Labute approximate surface area is 91.1 Å². The number of aliphatic hydroxyl groups is 1. The van der Waals surface area contributed by atoms with Gasteiger partial charge in [-0.1, -0.05) is 12.1 Å². The second-order valence-electron chi connectivity index (χ2n) is 3.92. The molecule has 1 aromatic rings. The largest absolute Gasteiger partial charge is 0.416 e. The minimum atomic E-state index is -4.36. The molecule has 1 aliphatic rings. The van der Waals surface area contributed by atoms with Crippen molar-refractivity contribution >= 4 is 0 Å². The summed E-state index contributed by atoms with van der Waals surface area (Å²) in [5.41, 5.74) is -0.407. The van der Waals surface area contributed by atoms with Crippen LogP contribution in [0.5, 0.6) is 0 Å². The standard InChI is InChI=1S/C11H12F3NO/c12-11(13,14)8-3-1-2-7(6-8)10(16)9-4-5-15-9/h1-3,6,9-10,15-16H,4-5H2. The van der Waals surface area contributed by atoms with Gasteiger partial charge in [0.25, 0.3) is 0 Å². The Balaban J connectivity index is 2.21. The third-order valence-electron chi connectivity index (χ3n) is 2.80. The van der Waals surface area contributed by atoms with Gasteiger partial charge in [-0.15, -0.1) is 0 Å². The molecule has 0 saturated carbocycles. The van der Waals surface area contributed by atoms with Crippen LogP contribution in [0, 0.1) is 0 Å². The van der Waals surface area contributed by atoms with Crippen LogP contribution >= 0.6 is 0 Å². The summed E-state index contributed by atoms with van der Waals surface area (Å²) < 4.78 is 37.3. The Morgan fingerprint density at radius 2 is 2.06 bits per heavy atom. The number of alkyl halides is 3. The quantitative estimate of drug-likeness (QED) is 0.817. The van der Waals surface area contributed by atoms with Gasteiger partial charge in [0, 0.05) is 6.04 Å². The number of hydrogen-bond acceptors (Lipinski definition) is 2. The second kappa shape index (κ2) is 4.07. The SMILES string of the molecule is OC(c1cccc(C(F)(F)F)c1)C1CCN1. The van der Waals surface area contributed by atoms with E-state index in [2.05, 4.69) is 5.32 Å². The minimum Gasteiger partial charge on any atom is -0.387 e. The van der Waals surface area contributed by atoms with Gasteiger partial charge in [-0.05, 0) is 30.7 Å². The third kappa shape index (κ3) is 2.20. The molecule has 1 aromatic carbocycles. The molecule has 2 nitrogen and oxygen atoms in total. The van der Waals surface area contributed by atoms with Crippen LogP contribution in [0.2, 0.25) is 0 Å². The van der Waals surface area contributed by atoms with Crippen LogP contribution < -0.4 is 5.32 Å². The molecule has 0 bridgehead atoms. The van der Waals surface area contributed by atoms with E-state index in [0.717, 1.165) is 25.1 Å². The van der Waals surface area contributed by atoms with Gasteiger partial charge in [0.15, 0.2) is 0 Å². The molecule has 2 atom stereocenters. The molecule has 0 spiro atoms. The van der Waals surface area contributed by atoms with E-state index >= 15 is 0 Å². The van der Waals surface area contributed by atoms with Crippen molar-refractivity contribution in [2.24, 2.45) is 0 Å². The molecule has 2 unspecified atom stereocenters. The lowest BCUT2D eigenvalue weighted by molar-refractivity contribution is -0.137. The van der Waals surface area contributed by atoms with Crippen molar-refractivity contribution in [1.82, 2.24) is 5.32 Å². The van der Waals surface area contributed by atoms with E-state index in [0.29, 0.717) is 5.56 Å². The molecule has 1 heterocycles. The fourth-order valence-corrected chi connectivity index (χ4v) is 1.71. The summed E-state index contributed by atoms with van der Waals surface area (Å²) in [5.74, 6) is 0.